The lowest BCUT2D eigenvalue weighted by Crippen LogP contribution is -1.91. The van der Waals surface area contributed by atoms with E-state index in [1.54, 1.807) is 19.3 Å². The molecule has 0 amide bonds. The maximum Gasteiger partial charge on any atom is 0.148 e. The Balaban J connectivity index is 2.77. The van der Waals surface area contributed by atoms with Gasteiger partial charge in [0.1, 0.15) is 5.82 Å². The van der Waals surface area contributed by atoms with Crippen molar-refractivity contribution in [2.45, 2.75) is 0 Å². The highest BCUT2D eigenvalue weighted by molar-refractivity contribution is 6.35. The molecule has 0 saturated carbocycles. The number of anilines is 1. The third-order valence-electron chi connectivity index (χ3n) is 1.99. The van der Waals surface area contributed by atoms with E-state index in [0.717, 1.165) is 5.39 Å². The Bertz CT molecular complexity index is 450. The third kappa shape index (κ3) is 1.25. The number of nitrogens with one attached hydrogen (secondary N) is 2. The molecule has 13 heavy (non-hydrogen) atoms. The first-order chi connectivity index (χ1) is 6.22. The van der Waals surface area contributed by atoms with E-state index in [0.29, 0.717) is 16.2 Å². The largest absolute Gasteiger partial charge is 0.386 e. The molecule has 0 saturated heterocycles. The molecule has 0 spiro atoms. The number of fused-ring (bicyclic) bond motifs is 1. The molecule has 68 valence electrons. The van der Waals surface area contributed by atoms with E-state index in [1.807, 2.05) is 0 Å². The second kappa shape index (κ2) is 2.92. The van der Waals surface area contributed by atoms with Gasteiger partial charge in [0.25, 0.3) is 0 Å². The normalized spacial score (nSPS) is 10.7. The topological polar surface area (TPSA) is 27.8 Å². The van der Waals surface area contributed by atoms with Crippen molar-refractivity contribution in [3.8, 4) is 0 Å². The molecule has 0 aliphatic heterocycles. The second-order valence-corrected chi connectivity index (χ2v) is 3.17. The molecule has 0 bridgehead atoms. The van der Waals surface area contributed by atoms with Gasteiger partial charge in [-0.3, -0.25) is 0 Å². The number of H-pyrrole nitrogens is 1. The highest BCUT2D eigenvalue weighted by atomic mass is 35.5. The molecule has 2 nitrogen and oxygen atoms in total. The van der Waals surface area contributed by atoms with Gasteiger partial charge in [-0.2, -0.15) is 0 Å². The maximum absolute atomic E-state index is 13.2. The number of aromatic amines is 1. The van der Waals surface area contributed by atoms with Gasteiger partial charge >= 0.3 is 0 Å². The van der Waals surface area contributed by atoms with Crippen LogP contribution in [0.2, 0.25) is 5.02 Å². The van der Waals surface area contributed by atoms with Gasteiger partial charge in [0.05, 0.1) is 10.7 Å². The van der Waals surface area contributed by atoms with Crippen molar-refractivity contribution in [2.75, 3.05) is 12.4 Å². The lowest BCUT2D eigenvalue weighted by Gasteiger charge is -2.01. The number of hydrogen-bond acceptors (Lipinski definition) is 1. The van der Waals surface area contributed by atoms with Crippen LogP contribution in [0.25, 0.3) is 10.9 Å². The Morgan fingerprint density at radius 1 is 1.46 bits per heavy atom. The molecule has 2 N–H and O–H groups in total. The molecule has 2 aromatic rings. The van der Waals surface area contributed by atoms with Crippen LogP contribution in [-0.2, 0) is 0 Å². The standard InChI is InChI=1S/C9H8ClFN2/c1-12-9-2-5-6(10)4-13-8(5)3-7(9)11/h2-4,12-13H,1H3. The fraction of sp³-hybridized carbons (Fsp3) is 0.111. The number of halogens is 2. The van der Waals surface area contributed by atoms with Crippen molar-refractivity contribution < 1.29 is 4.39 Å². The highest BCUT2D eigenvalue weighted by Crippen LogP contribution is 2.27. The average molecular weight is 199 g/mol. The van der Waals surface area contributed by atoms with Crippen molar-refractivity contribution in [3.63, 3.8) is 0 Å². The van der Waals surface area contributed by atoms with E-state index in [1.165, 1.54) is 6.07 Å². The Kier molecular flexibility index (Phi) is 1.88. The predicted molar refractivity (Wildman–Crippen MR) is 52.8 cm³/mol. The minimum Gasteiger partial charge on any atom is -0.386 e. The van der Waals surface area contributed by atoms with Crippen LogP contribution in [-0.4, -0.2) is 12.0 Å². The van der Waals surface area contributed by atoms with E-state index < -0.39 is 0 Å². The summed E-state index contributed by atoms with van der Waals surface area (Å²) < 4.78 is 13.2. The SMILES string of the molecule is CNc1cc2c(Cl)c[nH]c2cc1F. The van der Waals surface area contributed by atoms with Crippen LogP contribution in [0.1, 0.15) is 0 Å². The first-order valence-electron chi connectivity index (χ1n) is 3.86. The molecule has 1 heterocycles. The van der Waals surface area contributed by atoms with Crippen LogP contribution in [0.4, 0.5) is 10.1 Å². The molecule has 0 fully saturated rings. The molecule has 0 radical (unpaired) electrons. The summed E-state index contributed by atoms with van der Waals surface area (Å²) in [5, 5.41) is 4.19. The molecule has 2 rings (SSSR count). The van der Waals surface area contributed by atoms with Crippen LogP contribution < -0.4 is 5.32 Å². The van der Waals surface area contributed by atoms with Crippen molar-refractivity contribution >= 4 is 28.2 Å². The van der Waals surface area contributed by atoms with E-state index >= 15 is 0 Å². The monoisotopic (exact) mass is 198 g/mol. The predicted octanol–water partition coefficient (Wildman–Crippen LogP) is 3.00. The summed E-state index contributed by atoms with van der Waals surface area (Å²) in [7, 11) is 1.67. The number of hydrogen-bond donors (Lipinski definition) is 2. The number of rotatable bonds is 1. The first-order valence-corrected chi connectivity index (χ1v) is 4.24. The van der Waals surface area contributed by atoms with Gasteiger partial charge in [-0.1, -0.05) is 11.6 Å². The molecule has 0 aliphatic rings. The van der Waals surface area contributed by atoms with Gasteiger partial charge in [0.2, 0.25) is 0 Å². The summed E-state index contributed by atoms with van der Waals surface area (Å²) in [6.45, 7) is 0. The fourth-order valence-electron chi connectivity index (χ4n) is 1.30. The van der Waals surface area contributed by atoms with E-state index in [9.17, 15) is 4.39 Å². The fourth-order valence-corrected chi connectivity index (χ4v) is 1.51. The zero-order valence-electron chi connectivity index (χ0n) is 6.99. The molecular weight excluding hydrogens is 191 g/mol. The zero-order valence-corrected chi connectivity index (χ0v) is 7.74. The number of benzene rings is 1. The van der Waals surface area contributed by atoms with E-state index in [4.69, 9.17) is 11.6 Å². The van der Waals surface area contributed by atoms with E-state index in [2.05, 4.69) is 10.3 Å². The first kappa shape index (κ1) is 8.38. The van der Waals surface area contributed by atoms with Crippen LogP contribution in [0, 0.1) is 5.82 Å². The highest BCUT2D eigenvalue weighted by Gasteiger charge is 2.06. The summed E-state index contributed by atoms with van der Waals surface area (Å²) in [5.74, 6) is -0.284. The third-order valence-corrected chi connectivity index (χ3v) is 2.30. The molecule has 0 unspecified atom stereocenters. The second-order valence-electron chi connectivity index (χ2n) is 2.76. The lowest BCUT2D eigenvalue weighted by atomic mass is 10.2. The van der Waals surface area contributed by atoms with Gasteiger partial charge in [-0.15, -0.1) is 0 Å². The molecule has 0 atom stereocenters. The van der Waals surface area contributed by atoms with Gasteiger partial charge < -0.3 is 10.3 Å². The van der Waals surface area contributed by atoms with Gasteiger partial charge in [0.15, 0.2) is 0 Å². The van der Waals surface area contributed by atoms with Crippen LogP contribution >= 0.6 is 11.6 Å². The van der Waals surface area contributed by atoms with Crippen LogP contribution in [0.15, 0.2) is 18.3 Å². The summed E-state index contributed by atoms with van der Waals surface area (Å²) in [6, 6.07) is 3.11. The average Bonchev–Trinajstić information content (AvgIpc) is 2.46. The molecule has 4 heteroatoms. The van der Waals surface area contributed by atoms with Gasteiger partial charge in [0, 0.05) is 30.2 Å². The smallest absolute Gasteiger partial charge is 0.148 e. The summed E-state index contributed by atoms with van der Waals surface area (Å²) >= 11 is 5.87. The molecular formula is C9H8ClFN2. The lowest BCUT2D eigenvalue weighted by molar-refractivity contribution is 0.633. The van der Waals surface area contributed by atoms with Gasteiger partial charge in [-0.05, 0) is 6.07 Å². The molecule has 0 aliphatic carbocycles. The maximum atomic E-state index is 13.2. The summed E-state index contributed by atoms with van der Waals surface area (Å²) in [4.78, 5) is 2.88. The van der Waals surface area contributed by atoms with Crippen molar-refractivity contribution in [1.82, 2.24) is 4.98 Å². The summed E-state index contributed by atoms with van der Waals surface area (Å²) in [5.41, 5.74) is 1.16. The molecule has 1 aromatic carbocycles. The van der Waals surface area contributed by atoms with Crippen LogP contribution in [0.3, 0.4) is 0 Å². The Hall–Kier alpha value is -1.22. The number of aromatic nitrogens is 1. The van der Waals surface area contributed by atoms with Crippen molar-refractivity contribution in [2.24, 2.45) is 0 Å². The van der Waals surface area contributed by atoms with Crippen molar-refractivity contribution in [3.05, 3.63) is 29.2 Å². The summed E-state index contributed by atoms with van der Waals surface area (Å²) in [6.07, 6.45) is 1.64. The quantitative estimate of drug-likeness (QED) is 0.725. The molecule has 1 aromatic heterocycles. The van der Waals surface area contributed by atoms with Crippen molar-refractivity contribution in [1.29, 1.82) is 0 Å². The Morgan fingerprint density at radius 3 is 2.92 bits per heavy atom. The minimum atomic E-state index is -0.284. The van der Waals surface area contributed by atoms with Crippen LogP contribution in [0.5, 0.6) is 0 Å². The minimum absolute atomic E-state index is 0.284. The van der Waals surface area contributed by atoms with Gasteiger partial charge in [-0.25, -0.2) is 4.39 Å². The Morgan fingerprint density at radius 2 is 2.23 bits per heavy atom. The zero-order chi connectivity index (χ0) is 9.42. The van der Waals surface area contributed by atoms with E-state index in [-0.39, 0.29) is 5.82 Å². The Labute approximate surface area is 79.7 Å².